The third kappa shape index (κ3) is 3.73. The standard InChI is InChI=1S/C21H16ClNOS2/c1-24-15-8-12-17(13-9-15)26-21-20(18-4-2-3-5-19(18)23-21)25-16-10-6-14(22)7-11-16/h2-13,23H,1H3. The van der Waals surface area contributed by atoms with Gasteiger partial charge in [-0.05, 0) is 54.6 Å². The van der Waals surface area contributed by atoms with Crippen LogP contribution in [0.1, 0.15) is 0 Å². The van der Waals surface area contributed by atoms with Gasteiger partial charge in [0.05, 0.1) is 17.0 Å². The van der Waals surface area contributed by atoms with E-state index in [2.05, 4.69) is 53.5 Å². The first-order valence-corrected chi connectivity index (χ1v) is 10.1. The highest BCUT2D eigenvalue weighted by Crippen LogP contribution is 2.43. The van der Waals surface area contributed by atoms with Crippen LogP contribution in [0.15, 0.2) is 92.5 Å². The quantitative estimate of drug-likeness (QED) is 0.387. The lowest BCUT2D eigenvalue weighted by Gasteiger charge is -2.06. The van der Waals surface area contributed by atoms with Crippen LogP contribution < -0.4 is 4.74 Å². The number of halogens is 1. The second-order valence-corrected chi connectivity index (χ2v) is 8.27. The highest BCUT2D eigenvalue weighted by Gasteiger charge is 2.14. The van der Waals surface area contributed by atoms with Gasteiger partial charge in [-0.15, -0.1) is 0 Å². The summed E-state index contributed by atoms with van der Waals surface area (Å²) in [5, 5.41) is 3.11. The Bertz CT molecular complexity index is 1030. The summed E-state index contributed by atoms with van der Waals surface area (Å²) in [6, 6.07) is 24.5. The Labute approximate surface area is 165 Å². The molecule has 0 spiro atoms. The van der Waals surface area contributed by atoms with Crippen molar-refractivity contribution in [2.75, 3.05) is 7.11 Å². The predicted octanol–water partition coefficient (Wildman–Crippen LogP) is 7.13. The molecule has 0 aliphatic carbocycles. The van der Waals surface area contributed by atoms with Crippen molar-refractivity contribution in [2.45, 2.75) is 19.7 Å². The van der Waals surface area contributed by atoms with Crippen LogP contribution in [-0.2, 0) is 0 Å². The molecule has 0 aliphatic rings. The molecule has 1 heterocycles. The third-order valence-electron chi connectivity index (χ3n) is 3.94. The molecule has 0 fully saturated rings. The van der Waals surface area contributed by atoms with E-state index in [0.717, 1.165) is 31.1 Å². The highest BCUT2D eigenvalue weighted by atomic mass is 35.5. The number of para-hydroxylation sites is 1. The maximum atomic E-state index is 6.02. The fourth-order valence-electron chi connectivity index (χ4n) is 2.65. The summed E-state index contributed by atoms with van der Waals surface area (Å²) in [6.07, 6.45) is 0. The zero-order valence-corrected chi connectivity index (χ0v) is 16.4. The lowest BCUT2D eigenvalue weighted by Crippen LogP contribution is -1.82. The van der Waals surface area contributed by atoms with Gasteiger partial charge in [0.2, 0.25) is 0 Å². The number of hydrogen-bond acceptors (Lipinski definition) is 3. The van der Waals surface area contributed by atoms with Gasteiger partial charge >= 0.3 is 0 Å². The molecule has 0 radical (unpaired) electrons. The van der Waals surface area contributed by atoms with E-state index in [-0.39, 0.29) is 0 Å². The molecule has 4 rings (SSSR count). The Balaban J connectivity index is 1.71. The molecule has 5 heteroatoms. The molecule has 0 aliphatic heterocycles. The molecular formula is C21H16ClNOS2. The Morgan fingerprint density at radius 2 is 1.46 bits per heavy atom. The number of hydrogen-bond donors (Lipinski definition) is 1. The average molecular weight is 398 g/mol. The van der Waals surface area contributed by atoms with Gasteiger partial charge in [0.15, 0.2) is 0 Å². The van der Waals surface area contributed by atoms with Gasteiger partial charge < -0.3 is 9.72 Å². The van der Waals surface area contributed by atoms with Crippen molar-refractivity contribution < 1.29 is 4.74 Å². The van der Waals surface area contributed by atoms with Gasteiger partial charge in [-0.25, -0.2) is 0 Å². The number of nitrogens with one attached hydrogen (secondary N) is 1. The van der Waals surface area contributed by atoms with E-state index in [1.54, 1.807) is 30.6 Å². The Hall–Kier alpha value is -2.01. The maximum Gasteiger partial charge on any atom is 0.118 e. The first-order chi connectivity index (χ1) is 12.7. The maximum absolute atomic E-state index is 6.02. The SMILES string of the molecule is COc1ccc(Sc2[nH]c3ccccc3c2Sc2ccc(Cl)cc2)cc1. The van der Waals surface area contributed by atoms with Crippen LogP contribution in [0.3, 0.4) is 0 Å². The zero-order chi connectivity index (χ0) is 17.9. The van der Waals surface area contributed by atoms with Crippen molar-refractivity contribution in [3.63, 3.8) is 0 Å². The van der Waals surface area contributed by atoms with Crippen molar-refractivity contribution in [3.05, 3.63) is 77.8 Å². The van der Waals surface area contributed by atoms with E-state index in [4.69, 9.17) is 16.3 Å². The highest BCUT2D eigenvalue weighted by molar-refractivity contribution is 8.02. The van der Waals surface area contributed by atoms with Crippen LogP contribution in [0.25, 0.3) is 10.9 Å². The minimum atomic E-state index is 0.751. The second kappa shape index (κ2) is 7.70. The molecule has 1 aromatic heterocycles. The van der Waals surface area contributed by atoms with Crippen LogP contribution in [0.4, 0.5) is 0 Å². The first-order valence-electron chi connectivity index (χ1n) is 8.09. The normalized spacial score (nSPS) is 11.0. The van der Waals surface area contributed by atoms with Gasteiger partial charge in [-0.3, -0.25) is 0 Å². The minimum Gasteiger partial charge on any atom is -0.497 e. The van der Waals surface area contributed by atoms with Crippen molar-refractivity contribution >= 4 is 46.0 Å². The molecule has 0 bridgehead atoms. The number of aromatic amines is 1. The monoisotopic (exact) mass is 397 g/mol. The number of ether oxygens (including phenoxy) is 1. The molecule has 26 heavy (non-hydrogen) atoms. The van der Waals surface area contributed by atoms with Crippen molar-refractivity contribution in [1.29, 1.82) is 0 Å². The Kier molecular flexibility index (Phi) is 5.16. The van der Waals surface area contributed by atoms with Crippen molar-refractivity contribution in [1.82, 2.24) is 4.98 Å². The van der Waals surface area contributed by atoms with Crippen LogP contribution >= 0.6 is 35.1 Å². The number of fused-ring (bicyclic) bond motifs is 1. The topological polar surface area (TPSA) is 25.0 Å². The lowest BCUT2D eigenvalue weighted by molar-refractivity contribution is 0.414. The van der Waals surface area contributed by atoms with E-state index in [1.165, 1.54) is 10.3 Å². The summed E-state index contributed by atoms with van der Waals surface area (Å²) >= 11 is 9.50. The third-order valence-corrected chi connectivity index (χ3v) is 6.47. The van der Waals surface area contributed by atoms with E-state index < -0.39 is 0 Å². The number of H-pyrrole nitrogens is 1. The summed E-state index contributed by atoms with van der Waals surface area (Å²) in [4.78, 5) is 7.11. The molecule has 1 N–H and O–H groups in total. The minimum absolute atomic E-state index is 0.751. The average Bonchev–Trinajstić information content (AvgIpc) is 3.01. The first kappa shape index (κ1) is 17.4. The number of aromatic nitrogens is 1. The molecular weight excluding hydrogens is 382 g/mol. The van der Waals surface area contributed by atoms with Gasteiger partial charge in [0, 0.05) is 25.7 Å². The van der Waals surface area contributed by atoms with Crippen LogP contribution in [-0.4, -0.2) is 12.1 Å². The van der Waals surface area contributed by atoms with Crippen molar-refractivity contribution in [3.8, 4) is 5.75 Å². The summed E-state index contributed by atoms with van der Waals surface area (Å²) < 4.78 is 5.25. The summed E-state index contributed by atoms with van der Waals surface area (Å²) in [5.41, 5.74) is 1.14. The van der Waals surface area contributed by atoms with Gasteiger partial charge in [0.25, 0.3) is 0 Å². The zero-order valence-electron chi connectivity index (χ0n) is 14.0. The van der Waals surface area contributed by atoms with Crippen molar-refractivity contribution in [2.24, 2.45) is 0 Å². The molecule has 4 aromatic rings. The molecule has 0 unspecified atom stereocenters. The summed E-state index contributed by atoms with van der Waals surface area (Å²) in [5.74, 6) is 0.863. The molecule has 0 saturated heterocycles. The van der Waals surface area contributed by atoms with E-state index in [9.17, 15) is 0 Å². The van der Waals surface area contributed by atoms with Gasteiger partial charge in [0.1, 0.15) is 5.75 Å². The van der Waals surface area contributed by atoms with Crippen LogP contribution in [0.2, 0.25) is 5.02 Å². The number of methoxy groups -OCH3 is 1. The number of benzene rings is 3. The van der Waals surface area contributed by atoms with E-state index in [1.807, 2.05) is 24.3 Å². The summed E-state index contributed by atoms with van der Waals surface area (Å²) in [6.45, 7) is 0. The molecule has 2 nitrogen and oxygen atoms in total. The predicted molar refractivity (Wildman–Crippen MR) is 111 cm³/mol. The molecule has 3 aromatic carbocycles. The second-order valence-electron chi connectivity index (χ2n) is 5.66. The van der Waals surface area contributed by atoms with Gasteiger partial charge in [-0.2, -0.15) is 0 Å². The van der Waals surface area contributed by atoms with E-state index >= 15 is 0 Å². The smallest absolute Gasteiger partial charge is 0.118 e. The fourth-order valence-corrected chi connectivity index (χ4v) is 4.83. The summed E-state index contributed by atoms with van der Waals surface area (Å²) in [7, 11) is 1.68. The fraction of sp³-hybridized carbons (Fsp3) is 0.0476. The largest absolute Gasteiger partial charge is 0.497 e. The van der Waals surface area contributed by atoms with Gasteiger partial charge in [-0.1, -0.05) is 53.3 Å². The Morgan fingerprint density at radius 3 is 2.19 bits per heavy atom. The molecule has 130 valence electrons. The van der Waals surface area contributed by atoms with Crippen LogP contribution in [0, 0.1) is 0 Å². The van der Waals surface area contributed by atoms with Crippen LogP contribution in [0.5, 0.6) is 5.75 Å². The molecule has 0 atom stereocenters. The number of rotatable bonds is 5. The lowest BCUT2D eigenvalue weighted by atomic mass is 10.2. The Morgan fingerprint density at radius 1 is 0.808 bits per heavy atom. The molecule has 0 saturated carbocycles. The van der Waals surface area contributed by atoms with E-state index in [0.29, 0.717) is 0 Å². The molecule has 0 amide bonds.